The van der Waals surface area contributed by atoms with E-state index in [9.17, 15) is 0 Å². The Balaban J connectivity index is 1.64. The Hall–Kier alpha value is -1.62. The van der Waals surface area contributed by atoms with E-state index in [4.69, 9.17) is 0 Å². The Morgan fingerprint density at radius 1 is 0.720 bits per heavy atom. The minimum Gasteiger partial charge on any atom is -0.349 e. The number of rotatable bonds is 15. The minimum atomic E-state index is 1.04. The molecule has 0 atom stereocenters. The van der Waals surface area contributed by atoms with Crippen molar-refractivity contribution in [1.29, 1.82) is 0 Å². The number of aryl methyl sites for hydroxylation is 2. The third kappa shape index (κ3) is 8.87. The van der Waals surface area contributed by atoms with Gasteiger partial charge in [0.05, 0.1) is 0 Å². The molecule has 2 rings (SSSR count). The lowest BCUT2D eigenvalue weighted by Gasteiger charge is -2.22. The van der Waals surface area contributed by atoms with Gasteiger partial charge in [-0.25, -0.2) is 9.97 Å². The highest BCUT2D eigenvalue weighted by molar-refractivity contribution is 4.88. The van der Waals surface area contributed by atoms with Crippen LogP contribution in [-0.4, -0.2) is 44.5 Å². The number of hydrogen-bond acceptors (Lipinski definition) is 3. The van der Waals surface area contributed by atoms with E-state index >= 15 is 0 Å². The van der Waals surface area contributed by atoms with Gasteiger partial charge in [-0.3, -0.25) is 0 Å². The molecule has 0 aliphatic rings. The first-order valence-corrected chi connectivity index (χ1v) is 10.1. The molecule has 2 aromatic heterocycles. The average molecular weight is 346 g/mol. The first-order chi connectivity index (χ1) is 12.4. The number of aromatic nitrogens is 4. The maximum atomic E-state index is 4.33. The molecule has 5 nitrogen and oxygen atoms in total. The highest BCUT2D eigenvalue weighted by Gasteiger charge is 2.06. The number of hydrogen-bond donors (Lipinski definition) is 2. The first-order valence-electron chi connectivity index (χ1n) is 10.1. The minimum absolute atomic E-state index is 1.04. The molecule has 0 aliphatic carbocycles. The van der Waals surface area contributed by atoms with Gasteiger partial charge in [0.15, 0.2) is 0 Å². The smallest absolute Gasteiger partial charge is 0.106 e. The van der Waals surface area contributed by atoms with Crippen molar-refractivity contribution in [1.82, 2.24) is 24.8 Å². The molecular weight excluding hydrogens is 310 g/mol. The predicted molar refractivity (Wildman–Crippen MR) is 104 cm³/mol. The van der Waals surface area contributed by atoms with E-state index in [2.05, 4.69) is 31.8 Å². The molecule has 2 N–H and O–H groups in total. The second-order valence-corrected chi connectivity index (χ2v) is 6.89. The Morgan fingerprint density at radius 2 is 1.24 bits per heavy atom. The Bertz CT molecular complexity index is 466. The van der Waals surface area contributed by atoms with Crippen LogP contribution in [0.25, 0.3) is 0 Å². The van der Waals surface area contributed by atoms with Crippen LogP contribution in [-0.2, 0) is 12.8 Å². The van der Waals surface area contributed by atoms with Gasteiger partial charge in [0.25, 0.3) is 0 Å². The van der Waals surface area contributed by atoms with Gasteiger partial charge in [-0.1, -0.05) is 39.0 Å². The molecule has 0 unspecified atom stereocenters. The standard InChI is InChI=1S/C20H35N5/c1-2-3-4-5-6-7-16-25(17-8-10-19-21-12-13-22-19)18-9-11-20-23-14-15-24-20/h12-15H,2-11,16-18H2,1H3,(H,21,22)(H,23,24). The average Bonchev–Trinajstić information content (AvgIpc) is 3.31. The van der Waals surface area contributed by atoms with Gasteiger partial charge in [0.2, 0.25) is 0 Å². The molecule has 0 saturated heterocycles. The maximum absolute atomic E-state index is 4.33. The van der Waals surface area contributed by atoms with Crippen LogP contribution in [0.1, 0.15) is 69.9 Å². The van der Waals surface area contributed by atoms with Gasteiger partial charge < -0.3 is 14.9 Å². The monoisotopic (exact) mass is 345 g/mol. The van der Waals surface area contributed by atoms with Gasteiger partial charge in [0, 0.05) is 37.6 Å². The summed E-state index contributed by atoms with van der Waals surface area (Å²) in [5.74, 6) is 2.21. The molecule has 0 bridgehead atoms. The Labute approximate surface area is 152 Å². The fraction of sp³-hybridized carbons (Fsp3) is 0.700. The third-order valence-corrected chi connectivity index (χ3v) is 4.71. The molecule has 0 aromatic carbocycles. The van der Waals surface area contributed by atoms with Gasteiger partial charge in [-0.15, -0.1) is 0 Å². The van der Waals surface area contributed by atoms with Crippen molar-refractivity contribution >= 4 is 0 Å². The molecule has 0 fully saturated rings. The summed E-state index contributed by atoms with van der Waals surface area (Å²) < 4.78 is 0. The van der Waals surface area contributed by atoms with Crippen molar-refractivity contribution < 1.29 is 0 Å². The van der Waals surface area contributed by atoms with E-state index in [1.807, 2.05) is 24.8 Å². The summed E-state index contributed by atoms with van der Waals surface area (Å²) in [7, 11) is 0. The van der Waals surface area contributed by atoms with Crippen molar-refractivity contribution in [3.05, 3.63) is 36.4 Å². The van der Waals surface area contributed by atoms with Crippen LogP contribution < -0.4 is 0 Å². The van der Waals surface area contributed by atoms with Crippen molar-refractivity contribution in [3.8, 4) is 0 Å². The second kappa shape index (κ2) is 12.7. The van der Waals surface area contributed by atoms with Crippen LogP contribution in [0.15, 0.2) is 24.8 Å². The normalized spacial score (nSPS) is 11.4. The summed E-state index contributed by atoms with van der Waals surface area (Å²) in [6, 6.07) is 0. The highest BCUT2D eigenvalue weighted by Crippen LogP contribution is 2.08. The molecule has 2 aromatic rings. The molecule has 0 aliphatic heterocycles. The lowest BCUT2D eigenvalue weighted by molar-refractivity contribution is 0.259. The SMILES string of the molecule is CCCCCCCCN(CCCc1ncc[nH]1)CCCc1ncc[nH]1. The molecule has 0 spiro atoms. The Kier molecular flexibility index (Phi) is 10.0. The number of imidazole rings is 2. The molecule has 0 saturated carbocycles. The van der Waals surface area contributed by atoms with Crippen molar-refractivity contribution in [2.75, 3.05) is 19.6 Å². The number of H-pyrrole nitrogens is 2. The van der Waals surface area contributed by atoms with Gasteiger partial charge in [0.1, 0.15) is 11.6 Å². The molecule has 5 heteroatoms. The molecule has 140 valence electrons. The molecular formula is C20H35N5. The fourth-order valence-electron chi connectivity index (χ4n) is 3.26. The molecule has 0 amide bonds. The van der Waals surface area contributed by atoms with E-state index in [0.717, 1.165) is 37.6 Å². The zero-order valence-corrected chi connectivity index (χ0v) is 15.8. The number of nitrogens with zero attached hydrogens (tertiary/aromatic N) is 3. The van der Waals surface area contributed by atoms with Crippen LogP contribution >= 0.6 is 0 Å². The fourth-order valence-corrected chi connectivity index (χ4v) is 3.26. The highest BCUT2D eigenvalue weighted by atomic mass is 15.1. The molecule has 25 heavy (non-hydrogen) atoms. The molecule has 0 radical (unpaired) electrons. The van der Waals surface area contributed by atoms with E-state index in [1.165, 1.54) is 57.9 Å². The van der Waals surface area contributed by atoms with E-state index < -0.39 is 0 Å². The largest absolute Gasteiger partial charge is 0.349 e. The first kappa shape index (κ1) is 19.7. The topological polar surface area (TPSA) is 60.6 Å². The van der Waals surface area contributed by atoms with E-state index in [1.54, 1.807) is 0 Å². The maximum Gasteiger partial charge on any atom is 0.106 e. The summed E-state index contributed by atoms with van der Waals surface area (Å²) >= 11 is 0. The number of unbranched alkanes of at least 4 members (excludes halogenated alkanes) is 5. The number of nitrogens with one attached hydrogen (secondary N) is 2. The summed E-state index contributed by atoms with van der Waals surface area (Å²) in [5, 5.41) is 0. The lowest BCUT2D eigenvalue weighted by atomic mass is 10.1. The summed E-state index contributed by atoms with van der Waals surface area (Å²) in [5.41, 5.74) is 0. The van der Waals surface area contributed by atoms with Crippen molar-refractivity contribution in [3.63, 3.8) is 0 Å². The van der Waals surface area contributed by atoms with E-state index in [0.29, 0.717) is 0 Å². The van der Waals surface area contributed by atoms with Crippen molar-refractivity contribution in [2.45, 2.75) is 71.1 Å². The van der Waals surface area contributed by atoms with Crippen LogP contribution in [0.3, 0.4) is 0 Å². The van der Waals surface area contributed by atoms with Gasteiger partial charge >= 0.3 is 0 Å². The van der Waals surface area contributed by atoms with Gasteiger partial charge in [-0.2, -0.15) is 0 Å². The Morgan fingerprint density at radius 3 is 1.76 bits per heavy atom. The zero-order chi connectivity index (χ0) is 17.6. The predicted octanol–water partition coefficient (Wildman–Crippen LogP) is 4.36. The van der Waals surface area contributed by atoms with Gasteiger partial charge in [-0.05, 0) is 38.9 Å². The second-order valence-electron chi connectivity index (χ2n) is 6.89. The van der Waals surface area contributed by atoms with Crippen LogP contribution in [0.4, 0.5) is 0 Å². The third-order valence-electron chi connectivity index (χ3n) is 4.71. The van der Waals surface area contributed by atoms with Crippen LogP contribution in [0, 0.1) is 0 Å². The van der Waals surface area contributed by atoms with Crippen molar-refractivity contribution in [2.24, 2.45) is 0 Å². The van der Waals surface area contributed by atoms with Crippen LogP contribution in [0.5, 0.6) is 0 Å². The number of aromatic amines is 2. The summed E-state index contributed by atoms with van der Waals surface area (Å²) in [6.45, 7) is 5.82. The van der Waals surface area contributed by atoms with Crippen LogP contribution in [0.2, 0.25) is 0 Å². The quantitative estimate of drug-likeness (QED) is 0.471. The molecule has 2 heterocycles. The van der Waals surface area contributed by atoms with E-state index in [-0.39, 0.29) is 0 Å². The lowest BCUT2D eigenvalue weighted by Crippen LogP contribution is -2.28. The summed E-state index contributed by atoms with van der Waals surface area (Å²) in [4.78, 5) is 17.7. The summed E-state index contributed by atoms with van der Waals surface area (Å²) in [6.07, 6.45) is 20.1. The zero-order valence-electron chi connectivity index (χ0n) is 15.8.